The van der Waals surface area contributed by atoms with Crippen molar-refractivity contribution in [2.24, 2.45) is 0 Å². The molecule has 0 aliphatic carbocycles. The topological polar surface area (TPSA) is 47.8 Å². The van der Waals surface area contributed by atoms with Crippen LogP contribution in [-0.2, 0) is 0 Å². The summed E-state index contributed by atoms with van der Waals surface area (Å²) in [5.41, 5.74) is 8.55. The molecular formula is C27H27N3OS. The Morgan fingerprint density at radius 2 is 1.47 bits per heavy atom. The van der Waals surface area contributed by atoms with Crippen LogP contribution in [0.4, 0.5) is 0 Å². The van der Waals surface area contributed by atoms with Gasteiger partial charge in [0.25, 0.3) is 0 Å². The van der Waals surface area contributed by atoms with Crippen molar-refractivity contribution in [3.05, 3.63) is 94.0 Å². The molecule has 162 valence electrons. The summed E-state index contributed by atoms with van der Waals surface area (Å²) in [6.45, 7) is 10.3. The number of thioether (sulfide) groups is 1. The predicted molar refractivity (Wildman–Crippen MR) is 132 cm³/mol. The SMILES string of the molecule is Cc1ccc(-n2c(SCC(=O)c3cc(C)c(C)cc3C)nnc2-c2ccccc2)cc1C. The van der Waals surface area contributed by atoms with E-state index < -0.39 is 0 Å². The number of aromatic nitrogens is 3. The monoisotopic (exact) mass is 441 g/mol. The zero-order valence-electron chi connectivity index (χ0n) is 19.1. The Bertz CT molecular complexity index is 1290. The number of aryl methyl sites for hydroxylation is 5. The number of hydrogen-bond donors (Lipinski definition) is 0. The number of rotatable bonds is 6. The van der Waals surface area contributed by atoms with Crippen molar-refractivity contribution in [2.45, 2.75) is 39.8 Å². The van der Waals surface area contributed by atoms with E-state index in [9.17, 15) is 4.79 Å². The third-order valence-corrected chi connectivity index (χ3v) is 6.82. The molecule has 1 aromatic heterocycles. The van der Waals surface area contributed by atoms with E-state index in [4.69, 9.17) is 0 Å². The zero-order chi connectivity index (χ0) is 22.8. The Kier molecular flexibility index (Phi) is 6.28. The van der Waals surface area contributed by atoms with Crippen LogP contribution in [0, 0.1) is 34.6 Å². The summed E-state index contributed by atoms with van der Waals surface area (Å²) < 4.78 is 2.05. The molecule has 4 nitrogen and oxygen atoms in total. The maximum absolute atomic E-state index is 13.0. The van der Waals surface area contributed by atoms with Crippen molar-refractivity contribution in [1.82, 2.24) is 14.8 Å². The van der Waals surface area contributed by atoms with E-state index in [-0.39, 0.29) is 5.78 Å². The molecule has 0 fully saturated rings. The second kappa shape index (κ2) is 9.13. The average molecular weight is 442 g/mol. The third-order valence-electron chi connectivity index (χ3n) is 5.89. The predicted octanol–water partition coefficient (Wildman–Crippen LogP) is 6.45. The molecule has 0 unspecified atom stereocenters. The molecule has 0 saturated heterocycles. The van der Waals surface area contributed by atoms with Gasteiger partial charge < -0.3 is 0 Å². The van der Waals surface area contributed by atoms with Gasteiger partial charge in [-0.1, -0.05) is 54.2 Å². The fourth-order valence-electron chi connectivity index (χ4n) is 3.70. The summed E-state index contributed by atoms with van der Waals surface area (Å²) in [5, 5.41) is 9.66. The maximum atomic E-state index is 13.0. The number of hydrogen-bond acceptors (Lipinski definition) is 4. The second-order valence-corrected chi connectivity index (χ2v) is 9.18. The van der Waals surface area contributed by atoms with Crippen molar-refractivity contribution < 1.29 is 4.79 Å². The van der Waals surface area contributed by atoms with Gasteiger partial charge in [0.1, 0.15) is 0 Å². The van der Waals surface area contributed by atoms with E-state index in [1.807, 2.05) is 54.8 Å². The van der Waals surface area contributed by atoms with Gasteiger partial charge in [-0.05, 0) is 80.6 Å². The van der Waals surface area contributed by atoms with Gasteiger partial charge >= 0.3 is 0 Å². The summed E-state index contributed by atoms with van der Waals surface area (Å²) >= 11 is 1.43. The van der Waals surface area contributed by atoms with Crippen LogP contribution in [0.1, 0.15) is 38.2 Å². The maximum Gasteiger partial charge on any atom is 0.196 e. The lowest BCUT2D eigenvalue weighted by Crippen LogP contribution is -2.07. The molecule has 0 saturated carbocycles. The molecule has 0 aliphatic heterocycles. The zero-order valence-corrected chi connectivity index (χ0v) is 20.0. The molecule has 0 spiro atoms. The molecule has 0 amide bonds. The van der Waals surface area contributed by atoms with E-state index in [1.54, 1.807) is 0 Å². The van der Waals surface area contributed by atoms with Gasteiger partial charge in [-0.15, -0.1) is 10.2 Å². The normalized spacial score (nSPS) is 11.0. The third kappa shape index (κ3) is 4.39. The van der Waals surface area contributed by atoms with E-state index >= 15 is 0 Å². The lowest BCUT2D eigenvalue weighted by molar-refractivity contribution is 0.102. The first-order valence-corrected chi connectivity index (χ1v) is 11.7. The van der Waals surface area contributed by atoms with Gasteiger partial charge in [-0.25, -0.2) is 0 Å². The highest BCUT2D eigenvalue weighted by Crippen LogP contribution is 2.29. The first-order valence-electron chi connectivity index (χ1n) is 10.7. The standard InChI is InChI=1S/C27H27N3OS/c1-17-11-12-23(14-19(17)3)30-26(22-9-7-6-8-10-22)28-29-27(30)32-16-25(31)24-15-20(4)18(2)13-21(24)5/h6-15H,16H2,1-5H3. The van der Waals surface area contributed by atoms with Crippen LogP contribution in [0.2, 0.25) is 0 Å². The van der Waals surface area contributed by atoms with E-state index in [0.29, 0.717) is 10.9 Å². The van der Waals surface area contributed by atoms with Crippen molar-refractivity contribution in [3.63, 3.8) is 0 Å². The van der Waals surface area contributed by atoms with E-state index in [2.05, 4.69) is 55.2 Å². The van der Waals surface area contributed by atoms with Crippen molar-refractivity contribution in [2.75, 3.05) is 5.75 Å². The van der Waals surface area contributed by atoms with Crippen LogP contribution in [0.5, 0.6) is 0 Å². The number of nitrogens with zero attached hydrogens (tertiary/aromatic N) is 3. The largest absolute Gasteiger partial charge is 0.293 e. The Balaban J connectivity index is 1.70. The highest BCUT2D eigenvalue weighted by atomic mass is 32.2. The van der Waals surface area contributed by atoms with Gasteiger partial charge in [0.05, 0.1) is 11.4 Å². The lowest BCUT2D eigenvalue weighted by atomic mass is 9.99. The fraction of sp³-hybridized carbons (Fsp3) is 0.222. The molecule has 0 bridgehead atoms. The fourth-order valence-corrected chi connectivity index (χ4v) is 4.54. The van der Waals surface area contributed by atoms with Gasteiger partial charge in [0.15, 0.2) is 16.8 Å². The molecule has 5 heteroatoms. The summed E-state index contributed by atoms with van der Waals surface area (Å²) in [5.74, 6) is 1.18. The molecule has 32 heavy (non-hydrogen) atoms. The number of ketones is 1. The molecule has 0 radical (unpaired) electrons. The Labute approximate surface area is 193 Å². The number of Topliss-reactive ketones (excluding diaryl/α,β-unsaturated/α-hetero) is 1. The first-order chi connectivity index (χ1) is 15.3. The Hall–Kier alpha value is -3.18. The molecule has 1 heterocycles. The van der Waals surface area contributed by atoms with Crippen molar-refractivity contribution in [3.8, 4) is 17.1 Å². The smallest absolute Gasteiger partial charge is 0.196 e. The van der Waals surface area contributed by atoms with E-state index in [1.165, 1.54) is 28.5 Å². The van der Waals surface area contributed by atoms with Crippen molar-refractivity contribution in [1.29, 1.82) is 0 Å². The molecular weight excluding hydrogens is 414 g/mol. The minimum atomic E-state index is 0.103. The van der Waals surface area contributed by atoms with Crippen LogP contribution in [0.15, 0.2) is 65.8 Å². The summed E-state index contributed by atoms with van der Waals surface area (Å²) in [7, 11) is 0. The van der Waals surface area contributed by atoms with Crippen LogP contribution < -0.4 is 0 Å². The van der Waals surface area contributed by atoms with Crippen LogP contribution >= 0.6 is 11.8 Å². The highest BCUT2D eigenvalue weighted by Gasteiger charge is 2.19. The summed E-state index contributed by atoms with van der Waals surface area (Å²) in [6.07, 6.45) is 0. The van der Waals surface area contributed by atoms with E-state index in [0.717, 1.165) is 33.8 Å². The molecule has 4 aromatic rings. The van der Waals surface area contributed by atoms with Gasteiger partial charge in [0, 0.05) is 11.1 Å². The highest BCUT2D eigenvalue weighted by molar-refractivity contribution is 7.99. The lowest BCUT2D eigenvalue weighted by Gasteiger charge is -2.13. The first kappa shape index (κ1) is 22.0. The average Bonchev–Trinajstić information content (AvgIpc) is 3.21. The molecule has 0 aliphatic rings. The quantitative estimate of drug-likeness (QED) is 0.255. The van der Waals surface area contributed by atoms with Crippen LogP contribution in [0.3, 0.4) is 0 Å². The molecule has 4 rings (SSSR count). The minimum Gasteiger partial charge on any atom is -0.293 e. The summed E-state index contributed by atoms with van der Waals surface area (Å²) in [6, 6.07) is 20.4. The Morgan fingerprint density at radius 3 is 2.19 bits per heavy atom. The minimum absolute atomic E-state index is 0.103. The second-order valence-electron chi connectivity index (χ2n) is 8.24. The van der Waals surface area contributed by atoms with Crippen LogP contribution in [0.25, 0.3) is 17.1 Å². The van der Waals surface area contributed by atoms with Gasteiger partial charge in [0.2, 0.25) is 0 Å². The van der Waals surface area contributed by atoms with Crippen molar-refractivity contribution >= 4 is 17.5 Å². The molecule has 0 N–H and O–H groups in total. The number of benzene rings is 3. The van der Waals surface area contributed by atoms with Gasteiger partial charge in [-0.3, -0.25) is 9.36 Å². The molecule has 0 atom stereocenters. The Morgan fingerprint density at radius 1 is 0.781 bits per heavy atom. The summed E-state index contributed by atoms with van der Waals surface area (Å²) in [4.78, 5) is 13.0. The van der Waals surface area contributed by atoms with Crippen LogP contribution in [-0.4, -0.2) is 26.3 Å². The number of carbonyl (C=O) groups is 1. The van der Waals surface area contributed by atoms with Gasteiger partial charge in [-0.2, -0.15) is 0 Å². The number of carbonyl (C=O) groups excluding carboxylic acids is 1. The molecule has 3 aromatic carbocycles.